The van der Waals surface area contributed by atoms with Crippen molar-refractivity contribution in [1.29, 1.82) is 0 Å². The number of nitrogens with zero attached hydrogens (tertiary/aromatic N) is 3. The van der Waals surface area contributed by atoms with Gasteiger partial charge in [-0.3, -0.25) is 4.68 Å². The second kappa shape index (κ2) is 6.10. The molecule has 1 aromatic rings. The molecule has 1 rings (SSSR count). The summed E-state index contributed by atoms with van der Waals surface area (Å²) in [4.78, 5) is 4.11. The zero-order chi connectivity index (χ0) is 9.52. The fourth-order valence-corrected chi connectivity index (χ4v) is 1.42. The molecular weight excluding hydrogens is 232 g/mol. The highest BCUT2D eigenvalue weighted by molar-refractivity contribution is 9.09. The Kier molecular flexibility index (Phi) is 5.00. The van der Waals surface area contributed by atoms with Gasteiger partial charge in [0.05, 0.1) is 6.54 Å². The van der Waals surface area contributed by atoms with Gasteiger partial charge < -0.3 is 5.32 Å². The van der Waals surface area contributed by atoms with Gasteiger partial charge in [-0.05, 0) is 19.4 Å². The Bertz CT molecular complexity index is 236. The van der Waals surface area contributed by atoms with E-state index in [4.69, 9.17) is 0 Å². The molecule has 74 valence electrons. The lowest BCUT2D eigenvalue weighted by Gasteiger charge is -2.02. The highest BCUT2D eigenvalue weighted by atomic mass is 79.9. The molecule has 0 unspecified atom stereocenters. The first-order valence-corrected chi connectivity index (χ1v) is 5.56. The van der Waals surface area contributed by atoms with Gasteiger partial charge in [0.25, 0.3) is 0 Å². The minimum atomic E-state index is 0.804. The molecule has 0 amide bonds. The lowest BCUT2D eigenvalue weighted by molar-refractivity contribution is 0.595. The van der Waals surface area contributed by atoms with Gasteiger partial charge in [0, 0.05) is 12.4 Å². The standard InChI is InChI=1S/C8H15BrN4/c1-13-8(11-7-12-13)6-10-5-3-2-4-9/h7,10H,2-6H2,1H3. The number of hydrogen-bond donors (Lipinski definition) is 1. The molecule has 4 nitrogen and oxygen atoms in total. The Morgan fingerprint density at radius 3 is 3.00 bits per heavy atom. The molecule has 1 heterocycles. The minimum Gasteiger partial charge on any atom is -0.310 e. The summed E-state index contributed by atoms with van der Waals surface area (Å²) < 4.78 is 1.79. The van der Waals surface area contributed by atoms with Crippen LogP contribution in [0.2, 0.25) is 0 Å². The van der Waals surface area contributed by atoms with Crippen molar-refractivity contribution >= 4 is 15.9 Å². The number of alkyl halides is 1. The number of nitrogens with one attached hydrogen (secondary N) is 1. The molecule has 5 heteroatoms. The fourth-order valence-electron chi connectivity index (χ4n) is 1.02. The maximum absolute atomic E-state index is 4.11. The third kappa shape index (κ3) is 3.87. The Hall–Kier alpha value is -0.420. The average Bonchev–Trinajstić information content (AvgIpc) is 2.52. The SMILES string of the molecule is Cn1ncnc1CNCCCCBr. The van der Waals surface area contributed by atoms with Crippen molar-refractivity contribution < 1.29 is 0 Å². The molecule has 1 aromatic heterocycles. The van der Waals surface area contributed by atoms with Crippen LogP contribution in [0.5, 0.6) is 0 Å². The maximum Gasteiger partial charge on any atom is 0.140 e. The van der Waals surface area contributed by atoms with Crippen molar-refractivity contribution in [3.63, 3.8) is 0 Å². The molecule has 13 heavy (non-hydrogen) atoms. The number of hydrogen-bond acceptors (Lipinski definition) is 3. The van der Waals surface area contributed by atoms with Crippen LogP contribution in [0.25, 0.3) is 0 Å². The molecular formula is C8H15BrN4. The number of unbranched alkanes of at least 4 members (excludes halogenated alkanes) is 1. The number of rotatable bonds is 6. The quantitative estimate of drug-likeness (QED) is 0.604. The summed E-state index contributed by atoms with van der Waals surface area (Å²) in [6.07, 6.45) is 3.99. The first-order valence-electron chi connectivity index (χ1n) is 4.44. The summed E-state index contributed by atoms with van der Waals surface area (Å²) in [5, 5.41) is 8.39. The van der Waals surface area contributed by atoms with Gasteiger partial charge in [-0.15, -0.1) is 0 Å². The molecule has 0 fully saturated rings. The molecule has 0 aliphatic rings. The van der Waals surface area contributed by atoms with Crippen LogP contribution in [0.3, 0.4) is 0 Å². The molecule has 0 saturated heterocycles. The van der Waals surface area contributed by atoms with Crippen LogP contribution in [0.15, 0.2) is 6.33 Å². The highest BCUT2D eigenvalue weighted by Gasteiger charge is 1.97. The van der Waals surface area contributed by atoms with Crippen LogP contribution in [-0.4, -0.2) is 26.6 Å². The smallest absolute Gasteiger partial charge is 0.140 e. The molecule has 0 atom stereocenters. The van der Waals surface area contributed by atoms with Crippen LogP contribution < -0.4 is 5.32 Å². The van der Waals surface area contributed by atoms with E-state index in [0.717, 1.165) is 24.2 Å². The Labute approximate surface area is 86.9 Å². The molecule has 0 bridgehead atoms. The summed E-state index contributed by atoms with van der Waals surface area (Å²) in [6.45, 7) is 1.84. The second-order valence-electron chi connectivity index (χ2n) is 2.87. The first-order chi connectivity index (χ1) is 6.34. The number of halogens is 1. The molecule has 0 aliphatic heterocycles. The highest BCUT2D eigenvalue weighted by Crippen LogP contribution is 1.93. The minimum absolute atomic E-state index is 0.804. The molecule has 1 N–H and O–H groups in total. The molecule has 0 aromatic carbocycles. The van der Waals surface area contributed by atoms with Crippen molar-refractivity contribution in [1.82, 2.24) is 20.1 Å². The van der Waals surface area contributed by atoms with Gasteiger partial charge in [0.15, 0.2) is 0 Å². The maximum atomic E-state index is 4.11. The van der Waals surface area contributed by atoms with Gasteiger partial charge >= 0.3 is 0 Å². The normalized spacial score (nSPS) is 10.6. The van der Waals surface area contributed by atoms with Crippen LogP contribution >= 0.6 is 15.9 Å². The molecule has 0 radical (unpaired) electrons. The van der Waals surface area contributed by atoms with Gasteiger partial charge in [-0.1, -0.05) is 15.9 Å². The van der Waals surface area contributed by atoms with Crippen molar-refractivity contribution in [2.75, 3.05) is 11.9 Å². The summed E-state index contributed by atoms with van der Waals surface area (Å²) in [7, 11) is 1.91. The van der Waals surface area contributed by atoms with Crippen LogP contribution in [0.1, 0.15) is 18.7 Å². The summed E-state index contributed by atoms with van der Waals surface area (Å²) >= 11 is 3.40. The third-order valence-electron chi connectivity index (χ3n) is 1.83. The summed E-state index contributed by atoms with van der Waals surface area (Å²) in [5.41, 5.74) is 0. The third-order valence-corrected chi connectivity index (χ3v) is 2.39. The number of aromatic nitrogens is 3. The molecule has 0 saturated carbocycles. The van der Waals surface area contributed by atoms with E-state index in [1.54, 1.807) is 11.0 Å². The first kappa shape index (κ1) is 10.7. The van der Waals surface area contributed by atoms with Gasteiger partial charge in [-0.25, -0.2) is 4.98 Å². The van der Waals surface area contributed by atoms with E-state index in [0.29, 0.717) is 0 Å². The monoisotopic (exact) mass is 246 g/mol. The van der Waals surface area contributed by atoms with Crippen molar-refractivity contribution in [3.05, 3.63) is 12.2 Å². The van der Waals surface area contributed by atoms with E-state index < -0.39 is 0 Å². The van der Waals surface area contributed by atoms with E-state index in [9.17, 15) is 0 Å². The molecule has 0 spiro atoms. The Morgan fingerprint density at radius 1 is 1.54 bits per heavy atom. The van der Waals surface area contributed by atoms with Gasteiger partial charge in [0.1, 0.15) is 12.2 Å². The van der Waals surface area contributed by atoms with Crippen molar-refractivity contribution in [2.45, 2.75) is 19.4 Å². The van der Waals surface area contributed by atoms with E-state index >= 15 is 0 Å². The van der Waals surface area contributed by atoms with E-state index in [1.165, 1.54) is 12.8 Å². The molecule has 0 aliphatic carbocycles. The van der Waals surface area contributed by atoms with Crippen molar-refractivity contribution in [2.24, 2.45) is 7.05 Å². The lowest BCUT2D eigenvalue weighted by Crippen LogP contribution is -2.17. The zero-order valence-corrected chi connectivity index (χ0v) is 9.42. The average molecular weight is 247 g/mol. The second-order valence-corrected chi connectivity index (χ2v) is 3.67. The van der Waals surface area contributed by atoms with Crippen LogP contribution in [0.4, 0.5) is 0 Å². The largest absolute Gasteiger partial charge is 0.310 e. The van der Waals surface area contributed by atoms with E-state index in [2.05, 4.69) is 31.3 Å². The van der Waals surface area contributed by atoms with E-state index in [1.807, 2.05) is 7.05 Å². The fraction of sp³-hybridized carbons (Fsp3) is 0.750. The van der Waals surface area contributed by atoms with Gasteiger partial charge in [0.2, 0.25) is 0 Å². The summed E-state index contributed by atoms with van der Waals surface area (Å²) in [5.74, 6) is 0.985. The van der Waals surface area contributed by atoms with Crippen LogP contribution in [-0.2, 0) is 13.6 Å². The predicted molar refractivity (Wildman–Crippen MR) is 55.7 cm³/mol. The Balaban J connectivity index is 2.10. The zero-order valence-electron chi connectivity index (χ0n) is 7.83. The number of aryl methyl sites for hydroxylation is 1. The van der Waals surface area contributed by atoms with Crippen molar-refractivity contribution in [3.8, 4) is 0 Å². The Morgan fingerprint density at radius 2 is 2.38 bits per heavy atom. The predicted octanol–water partition coefficient (Wildman–Crippen LogP) is 1.08. The topological polar surface area (TPSA) is 42.7 Å². The lowest BCUT2D eigenvalue weighted by atomic mass is 10.3. The van der Waals surface area contributed by atoms with Gasteiger partial charge in [-0.2, -0.15) is 5.10 Å². The summed E-state index contributed by atoms with van der Waals surface area (Å²) in [6, 6.07) is 0. The van der Waals surface area contributed by atoms with Crippen LogP contribution in [0, 0.1) is 0 Å². The van der Waals surface area contributed by atoms with E-state index in [-0.39, 0.29) is 0 Å².